The molecule has 0 aliphatic carbocycles. The SMILES string of the molecule is CO/C=C/c1cc(OC)c2oc(-c3ccc(O)c(OC)c3)c(C)c2c1. The van der Waals surface area contributed by atoms with Crippen molar-refractivity contribution in [2.24, 2.45) is 0 Å². The van der Waals surface area contributed by atoms with Gasteiger partial charge in [0.1, 0.15) is 5.76 Å². The zero-order valence-electron chi connectivity index (χ0n) is 14.6. The molecule has 130 valence electrons. The maximum absolute atomic E-state index is 9.80. The van der Waals surface area contributed by atoms with Crippen molar-refractivity contribution in [3.05, 3.63) is 47.7 Å². The van der Waals surface area contributed by atoms with Crippen molar-refractivity contribution in [1.29, 1.82) is 0 Å². The highest BCUT2D eigenvalue weighted by Crippen LogP contribution is 2.40. The average molecular weight is 340 g/mol. The Morgan fingerprint density at radius 1 is 1.00 bits per heavy atom. The second kappa shape index (κ2) is 6.81. The number of benzene rings is 2. The molecule has 0 saturated carbocycles. The quantitative estimate of drug-likeness (QED) is 0.679. The van der Waals surface area contributed by atoms with Gasteiger partial charge in [-0.05, 0) is 48.9 Å². The smallest absolute Gasteiger partial charge is 0.176 e. The lowest BCUT2D eigenvalue weighted by Gasteiger charge is -2.05. The molecule has 1 aromatic heterocycles. The number of furan rings is 1. The third-order valence-electron chi connectivity index (χ3n) is 4.08. The van der Waals surface area contributed by atoms with Crippen LogP contribution in [-0.2, 0) is 4.74 Å². The molecule has 0 aliphatic heterocycles. The van der Waals surface area contributed by atoms with Gasteiger partial charge in [0.15, 0.2) is 22.8 Å². The van der Waals surface area contributed by atoms with Crippen LogP contribution in [0.5, 0.6) is 17.2 Å². The van der Waals surface area contributed by atoms with E-state index in [1.165, 1.54) is 7.11 Å². The summed E-state index contributed by atoms with van der Waals surface area (Å²) in [4.78, 5) is 0. The molecule has 0 fully saturated rings. The summed E-state index contributed by atoms with van der Waals surface area (Å²) >= 11 is 0. The zero-order chi connectivity index (χ0) is 18.0. The third kappa shape index (κ3) is 3.01. The van der Waals surface area contributed by atoms with Crippen LogP contribution in [0.1, 0.15) is 11.1 Å². The fourth-order valence-corrected chi connectivity index (χ4v) is 2.80. The molecule has 3 aromatic rings. The Bertz CT molecular complexity index is 937. The largest absolute Gasteiger partial charge is 0.504 e. The van der Waals surface area contributed by atoms with Gasteiger partial charge in [0.05, 0.1) is 27.6 Å². The minimum Gasteiger partial charge on any atom is -0.504 e. The van der Waals surface area contributed by atoms with Crippen LogP contribution < -0.4 is 9.47 Å². The van der Waals surface area contributed by atoms with Crippen LogP contribution in [0.2, 0.25) is 0 Å². The molecular formula is C20H20O5. The maximum Gasteiger partial charge on any atom is 0.176 e. The molecular weight excluding hydrogens is 320 g/mol. The Labute approximate surface area is 146 Å². The average Bonchev–Trinajstić information content (AvgIpc) is 2.96. The van der Waals surface area contributed by atoms with Crippen LogP contribution in [0.15, 0.2) is 41.0 Å². The van der Waals surface area contributed by atoms with E-state index in [4.69, 9.17) is 18.6 Å². The van der Waals surface area contributed by atoms with E-state index in [2.05, 4.69) is 0 Å². The van der Waals surface area contributed by atoms with Gasteiger partial charge in [-0.2, -0.15) is 0 Å². The lowest BCUT2D eigenvalue weighted by Crippen LogP contribution is -1.85. The molecule has 25 heavy (non-hydrogen) atoms. The number of hydrogen-bond acceptors (Lipinski definition) is 5. The van der Waals surface area contributed by atoms with Gasteiger partial charge in [-0.3, -0.25) is 0 Å². The molecule has 5 heteroatoms. The number of ether oxygens (including phenoxy) is 3. The fraction of sp³-hybridized carbons (Fsp3) is 0.200. The van der Waals surface area contributed by atoms with E-state index in [1.54, 1.807) is 38.7 Å². The Morgan fingerprint density at radius 2 is 1.76 bits per heavy atom. The van der Waals surface area contributed by atoms with Crippen LogP contribution in [0.25, 0.3) is 28.4 Å². The van der Waals surface area contributed by atoms with Crippen molar-refractivity contribution < 1.29 is 23.7 Å². The first-order valence-corrected chi connectivity index (χ1v) is 7.77. The summed E-state index contributed by atoms with van der Waals surface area (Å²) in [5.41, 5.74) is 3.43. The Balaban J connectivity index is 2.21. The number of phenolic OH excluding ortho intramolecular Hbond substituents is 1. The number of fused-ring (bicyclic) bond motifs is 1. The summed E-state index contributed by atoms with van der Waals surface area (Å²) in [7, 11) is 4.73. The highest BCUT2D eigenvalue weighted by Gasteiger charge is 2.18. The fourth-order valence-electron chi connectivity index (χ4n) is 2.80. The predicted molar refractivity (Wildman–Crippen MR) is 97.2 cm³/mol. The van der Waals surface area contributed by atoms with Crippen molar-refractivity contribution in [3.8, 4) is 28.6 Å². The first kappa shape index (κ1) is 16.8. The summed E-state index contributed by atoms with van der Waals surface area (Å²) < 4.78 is 21.8. The molecule has 3 rings (SSSR count). The minimum atomic E-state index is 0.0876. The molecule has 0 spiro atoms. The van der Waals surface area contributed by atoms with E-state index in [0.717, 1.165) is 22.1 Å². The molecule has 0 bridgehead atoms. The van der Waals surface area contributed by atoms with E-state index in [9.17, 15) is 5.11 Å². The molecule has 0 saturated heterocycles. The summed E-state index contributed by atoms with van der Waals surface area (Å²) in [5.74, 6) is 1.84. The van der Waals surface area contributed by atoms with E-state index in [1.807, 2.05) is 25.1 Å². The van der Waals surface area contributed by atoms with Crippen molar-refractivity contribution in [2.75, 3.05) is 21.3 Å². The minimum absolute atomic E-state index is 0.0876. The van der Waals surface area contributed by atoms with Gasteiger partial charge in [-0.15, -0.1) is 0 Å². The molecule has 0 atom stereocenters. The molecule has 1 N–H and O–H groups in total. The predicted octanol–water partition coefficient (Wildman–Crippen LogP) is 4.75. The van der Waals surface area contributed by atoms with Crippen molar-refractivity contribution in [3.63, 3.8) is 0 Å². The summed E-state index contributed by atoms with van der Waals surface area (Å²) in [6.45, 7) is 1.99. The van der Waals surface area contributed by atoms with Crippen molar-refractivity contribution in [1.82, 2.24) is 0 Å². The van der Waals surface area contributed by atoms with Crippen molar-refractivity contribution in [2.45, 2.75) is 6.92 Å². The summed E-state index contributed by atoms with van der Waals surface area (Å²) in [6, 6.07) is 9.04. The molecule has 0 unspecified atom stereocenters. The standard InChI is InChI=1S/C20H20O5/c1-12-15-9-13(7-8-22-2)10-18(24-4)20(15)25-19(12)14-5-6-16(21)17(11-14)23-3/h5-11,21H,1-4H3/b8-7+. The van der Waals surface area contributed by atoms with E-state index in [-0.39, 0.29) is 5.75 Å². The highest BCUT2D eigenvalue weighted by molar-refractivity contribution is 5.93. The van der Waals surface area contributed by atoms with Crippen LogP contribution in [0.4, 0.5) is 0 Å². The van der Waals surface area contributed by atoms with Gasteiger partial charge < -0.3 is 23.7 Å². The van der Waals surface area contributed by atoms with Gasteiger partial charge in [0, 0.05) is 16.5 Å². The van der Waals surface area contributed by atoms with Crippen molar-refractivity contribution >= 4 is 17.0 Å². The topological polar surface area (TPSA) is 61.1 Å². The number of aryl methyl sites for hydroxylation is 1. The number of phenols is 1. The monoisotopic (exact) mass is 340 g/mol. The summed E-state index contributed by atoms with van der Waals surface area (Å²) in [6.07, 6.45) is 3.47. The first-order chi connectivity index (χ1) is 12.1. The Morgan fingerprint density at radius 3 is 2.44 bits per heavy atom. The number of rotatable bonds is 5. The van der Waals surface area contributed by atoms with Gasteiger partial charge >= 0.3 is 0 Å². The van der Waals surface area contributed by atoms with E-state index >= 15 is 0 Å². The van der Waals surface area contributed by atoms with Crippen LogP contribution in [0, 0.1) is 6.92 Å². The Hall–Kier alpha value is -3.08. The lowest BCUT2D eigenvalue weighted by atomic mass is 10.0. The van der Waals surface area contributed by atoms with E-state index < -0.39 is 0 Å². The molecule has 0 aliphatic rings. The third-order valence-corrected chi connectivity index (χ3v) is 4.08. The molecule has 0 amide bonds. The molecule has 5 nitrogen and oxygen atoms in total. The lowest BCUT2D eigenvalue weighted by molar-refractivity contribution is 0.341. The maximum atomic E-state index is 9.80. The first-order valence-electron chi connectivity index (χ1n) is 7.77. The van der Waals surface area contributed by atoms with Crippen LogP contribution >= 0.6 is 0 Å². The van der Waals surface area contributed by atoms with E-state index in [0.29, 0.717) is 22.8 Å². The summed E-state index contributed by atoms with van der Waals surface area (Å²) in [5, 5.41) is 10.8. The zero-order valence-corrected chi connectivity index (χ0v) is 14.6. The van der Waals surface area contributed by atoms with Gasteiger partial charge in [0.25, 0.3) is 0 Å². The number of hydrogen-bond donors (Lipinski definition) is 1. The Kier molecular flexibility index (Phi) is 4.57. The molecule has 2 aromatic carbocycles. The van der Waals surface area contributed by atoms with Gasteiger partial charge in [-0.25, -0.2) is 0 Å². The normalized spacial score (nSPS) is 11.2. The number of methoxy groups -OCH3 is 3. The van der Waals surface area contributed by atoms with Gasteiger partial charge in [-0.1, -0.05) is 0 Å². The second-order valence-corrected chi connectivity index (χ2v) is 5.58. The van der Waals surface area contributed by atoms with Crippen LogP contribution in [-0.4, -0.2) is 26.4 Å². The highest BCUT2D eigenvalue weighted by atomic mass is 16.5. The second-order valence-electron chi connectivity index (χ2n) is 5.58. The molecule has 1 heterocycles. The molecule has 0 radical (unpaired) electrons. The van der Waals surface area contributed by atoms with Crippen LogP contribution in [0.3, 0.4) is 0 Å². The number of aromatic hydroxyl groups is 1. The van der Waals surface area contributed by atoms with Gasteiger partial charge in [0.2, 0.25) is 0 Å².